The molecule has 80 valence electrons. The summed E-state index contributed by atoms with van der Waals surface area (Å²) in [6.07, 6.45) is 3.52. The van der Waals surface area contributed by atoms with Gasteiger partial charge < -0.3 is 15.8 Å². The summed E-state index contributed by atoms with van der Waals surface area (Å²) in [5, 5.41) is 3.39. The molecule has 0 amide bonds. The van der Waals surface area contributed by atoms with Crippen LogP contribution in [0.3, 0.4) is 0 Å². The van der Waals surface area contributed by atoms with Crippen molar-refractivity contribution < 1.29 is 4.74 Å². The van der Waals surface area contributed by atoms with Gasteiger partial charge in [0.1, 0.15) is 0 Å². The van der Waals surface area contributed by atoms with E-state index >= 15 is 0 Å². The van der Waals surface area contributed by atoms with Gasteiger partial charge in [-0.25, -0.2) is 0 Å². The van der Waals surface area contributed by atoms with Crippen molar-refractivity contribution in [3.63, 3.8) is 0 Å². The van der Waals surface area contributed by atoms with Crippen LogP contribution >= 0.6 is 11.8 Å². The molecule has 0 aromatic rings. The lowest BCUT2D eigenvalue weighted by atomic mass is 10.2. The molecule has 0 aliphatic carbocycles. The number of nitrogens with one attached hydrogen (secondary N) is 1. The van der Waals surface area contributed by atoms with Crippen LogP contribution < -0.4 is 11.1 Å². The third-order valence-electron chi connectivity index (χ3n) is 2.05. The average molecular weight is 206 g/mol. The second-order valence-corrected chi connectivity index (χ2v) is 4.15. The van der Waals surface area contributed by atoms with Gasteiger partial charge in [-0.3, -0.25) is 0 Å². The van der Waals surface area contributed by atoms with Crippen molar-refractivity contribution in [2.75, 3.05) is 32.2 Å². The summed E-state index contributed by atoms with van der Waals surface area (Å²) in [5.41, 5.74) is 5.63. The number of nitrogens with two attached hydrogens (primary N) is 1. The van der Waals surface area contributed by atoms with Crippen LogP contribution in [-0.2, 0) is 4.74 Å². The number of hydrogen-bond acceptors (Lipinski definition) is 4. The van der Waals surface area contributed by atoms with Crippen molar-refractivity contribution in [3.8, 4) is 0 Å². The van der Waals surface area contributed by atoms with E-state index in [1.165, 1.54) is 0 Å². The van der Waals surface area contributed by atoms with Crippen LogP contribution in [0.25, 0.3) is 0 Å². The highest BCUT2D eigenvalue weighted by Gasteiger charge is 2.06. The zero-order valence-corrected chi connectivity index (χ0v) is 9.69. The minimum Gasteiger partial charge on any atom is -0.380 e. The number of methoxy groups -OCH3 is 1. The van der Waals surface area contributed by atoms with Gasteiger partial charge in [-0.1, -0.05) is 0 Å². The first kappa shape index (κ1) is 13.2. The van der Waals surface area contributed by atoms with Gasteiger partial charge in [0, 0.05) is 26.2 Å². The Labute approximate surface area is 85.8 Å². The second kappa shape index (κ2) is 8.81. The Balaban J connectivity index is 3.46. The SMILES string of the molecule is COC(C)CNC(CN)CCSC. The minimum atomic E-state index is 0.267. The molecule has 13 heavy (non-hydrogen) atoms. The van der Waals surface area contributed by atoms with E-state index in [-0.39, 0.29) is 6.10 Å². The molecule has 0 saturated heterocycles. The highest BCUT2D eigenvalue weighted by Crippen LogP contribution is 1.99. The summed E-state index contributed by atoms with van der Waals surface area (Å²) >= 11 is 1.86. The Bertz CT molecular complexity index is 114. The predicted molar refractivity (Wildman–Crippen MR) is 60.3 cm³/mol. The monoisotopic (exact) mass is 206 g/mol. The van der Waals surface area contributed by atoms with Crippen molar-refractivity contribution in [2.45, 2.75) is 25.5 Å². The van der Waals surface area contributed by atoms with E-state index in [0.717, 1.165) is 18.7 Å². The molecule has 0 fully saturated rings. The standard InChI is InChI=1S/C9H22N2OS/c1-8(12-2)7-11-9(6-10)4-5-13-3/h8-9,11H,4-7,10H2,1-3H3. The normalized spacial score (nSPS) is 15.7. The Kier molecular flexibility index (Phi) is 8.97. The number of ether oxygens (including phenoxy) is 1. The lowest BCUT2D eigenvalue weighted by Gasteiger charge is -2.18. The van der Waals surface area contributed by atoms with E-state index in [2.05, 4.69) is 18.5 Å². The summed E-state index contributed by atoms with van der Waals surface area (Å²) in [7, 11) is 1.73. The molecule has 3 nitrogen and oxygen atoms in total. The average Bonchev–Trinajstić information content (AvgIpc) is 2.17. The molecule has 0 heterocycles. The zero-order valence-electron chi connectivity index (χ0n) is 8.88. The summed E-state index contributed by atoms with van der Waals surface area (Å²) in [6.45, 7) is 3.64. The second-order valence-electron chi connectivity index (χ2n) is 3.17. The molecule has 0 aliphatic heterocycles. The first-order valence-corrected chi connectivity index (χ1v) is 6.09. The third kappa shape index (κ3) is 7.31. The molecular weight excluding hydrogens is 184 g/mol. The summed E-state index contributed by atoms with van der Waals surface area (Å²) in [4.78, 5) is 0. The topological polar surface area (TPSA) is 47.3 Å². The Morgan fingerprint density at radius 3 is 2.69 bits per heavy atom. The molecule has 0 rings (SSSR count). The highest BCUT2D eigenvalue weighted by molar-refractivity contribution is 7.98. The van der Waals surface area contributed by atoms with Crippen molar-refractivity contribution in [1.82, 2.24) is 5.32 Å². The fourth-order valence-corrected chi connectivity index (χ4v) is 1.50. The molecule has 2 unspecified atom stereocenters. The van der Waals surface area contributed by atoms with Crippen molar-refractivity contribution in [1.29, 1.82) is 0 Å². The van der Waals surface area contributed by atoms with Gasteiger partial charge in [-0.2, -0.15) is 11.8 Å². The smallest absolute Gasteiger partial charge is 0.0667 e. The van der Waals surface area contributed by atoms with Gasteiger partial charge >= 0.3 is 0 Å². The number of rotatable bonds is 8. The number of thioether (sulfide) groups is 1. The van der Waals surface area contributed by atoms with Gasteiger partial charge in [0.15, 0.2) is 0 Å². The van der Waals surface area contributed by atoms with Gasteiger partial charge in [-0.05, 0) is 25.4 Å². The predicted octanol–water partition coefficient (Wildman–Crippen LogP) is 0.691. The number of hydrogen-bond donors (Lipinski definition) is 2. The maximum atomic E-state index is 5.63. The van der Waals surface area contributed by atoms with Gasteiger partial charge in [0.25, 0.3) is 0 Å². The van der Waals surface area contributed by atoms with E-state index in [0.29, 0.717) is 12.6 Å². The van der Waals surface area contributed by atoms with E-state index in [9.17, 15) is 0 Å². The molecule has 0 aliphatic rings. The molecule has 3 N–H and O–H groups in total. The summed E-state index contributed by atoms with van der Waals surface area (Å²) in [6, 6.07) is 0.435. The van der Waals surface area contributed by atoms with E-state index in [1.54, 1.807) is 7.11 Å². The Hall–Kier alpha value is 0.230. The molecule has 0 saturated carbocycles. The van der Waals surface area contributed by atoms with Crippen LogP contribution in [0.5, 0.6) is 0 Å². The van der Waals surface area contributed by atoms with E-state index in [4.69, 9.17) is 10.5 Å². The molecular formula is C9H22N2OS. The van der Waals surface area contributed by atoms with Gasteiger partial charge in [-0.15, -0.1) is 0 Å². The first-order valence-electron chi connectivity index (χ1n) is 4.69. The van der Waals surface area contributed by atoms with Gasteiger partial charge in [0.2, 0.25) is 0 Å². The lowest BCUT2D eigenvalue weighted by Crippen LogP contribution is -2.40. The molecule has 0 aromatic heterocycles. The third-order valence-corrected chi connectivity index (χ3v) is 2.70. The van der Waals surface area contributed by atoms with Crippen LogP contribution in [0.15, 0.2) is 0 Å². The summed E-state index contributed by atoms with van der Waals surface area (Å²) in [5.74, 6) is 1.16. The highest BCUT2D eigenvalue weighted by atomic mass is 32.2. The molecule has 0 aromatic carbocycles. The minimum absolute atomic E-state index is 0.267. The Morgan fingerprint density at radius 2 is 2.23 bits per heavy atom. The van der Waals surface area contributed by atoms with Crippen LogP contribution in [0.1, 0.15) is 13.3 Å². The zero-order chi connectivity index (χ0) is 10.1. The first-order chi connectivity index (χ1) is 6.24. The van der Waals surface area contributed by atoms with Crippen LogP contribution in [-0.4, -0.2) is 44.4 Å². The largest absolute Gasteiger partial charge is 0.380 e. The fourth-order valence-electron chi connectivity index (χ4n) is 0.979. The van der Waals surface area contributed by atoms with Crippen LogP contribution in [0.2, 0.25) is 0 Å². The van der Waals surface area contributed by atoms with Crippen molar-refractivity contribution in [3.05, 3.63) is 0 Å². The van der Waals surface area contributed by atoms with E-state index in [1.807, 2.05) is 11.8 Å². The summed E-state index contributed by atoms with van der Waals surface area (Å²) < 4.78 is 5.14. The molecule has 4 heteroatoms. The van der Waals surface area contributed by atoms with E-state index < -0.39 is 0 Å². The quantitative estimate of drug-likeness (QED) is 0.613. The Morgan fingerprint density at radius 1 is 1.54 bits per heavy atom. The van der Waals surface area contributed by atoms with Crippen molar-refractivity contribution >= 4 is 11.8 Å². The van der Waals surface area contributed by atoms with Crippen molar-refractivity contribution in [2.24, 2.45) is 5.73 Å². The maximum Gasteiger partial charge on any atom is 0.0667 e. The van der Waals surface area contributed by atoms with Crippen LogP contribution in [0, 0.1) is 0 Å². The molecule has 2 atom stereocenters. The maximum absolute atomic E-state index is 5.63. The molecule has 0 radical (unpaired) electrons. The van der Waals surface area contributed by atoms with Crippen LogP contribution in [0.4, 0.5) is 0 Å². The molecule has 0 bridgehead atoms. The lowest BCUT2D eigenvalue weighted by molar-refractivity contribution is 0.114. The fraction of sp³-hybridized carbons (Fsp3) is 1.00. The van der Waals surface area contributed by atoms with Gasteiger partial charge in [0.05, 0.1) is 6.10 Å². The molecule has 0 spiro atoms.